The van der Waals surface area contributed by atoms with Crippen LogP contribution in [-0.4, -0.2) is 65.5 Å². The molecule has 1 heterocycles. The van der Waals surface area contributed by atoms with Gasteiger partial charge in [-0.2, -0.15) is 0 Å². The van der Waals surface area contributed by atoms with Crippen molar-refractivity contribution in [2.75, 3.05) is 26.7 Å². The van der Waals surface area contributed by atoms with E-state index < -0.39 is 11.9 Å². The van der Waals surface area contributed by atoms with Crippen LogP contribution in [-0.2, 0) is 9.59 Å². The number of hydrogen-bond acceptors (Lipinski definition) is 4. The Labute approximate surface area is 99.4 Å². The standard InChI is InChI=1S/C10H17N3O4/c1-3-7(6-14)11-8(15)4-13-9(16)5-12(2)10(13)17/h7,14H,3-6H2,1-2H3,(H,11,15)/t7-/m1/s1. The quantitative estimate of drug-likeness (QED) is 0.591. The molecule has 1 atom stereocenters. The third-order valence-corrected chi connectivity index (χ3v) is 2.61. The summed E-state index contributed by atoms with van der Waals surface area (Å²) >= 11 is 0. The van der Waals surface area contributed by atoms with Crippen LogP contribution in [0.3, 0.4) is 0 Å². The lowest BCUT2D eigenvalue weighted by molar-refractivity contribution is -0.131. The Kier molecular flexibility index (Phi) is 4.45. The van der Waals surface area contributed by atoms with E-state index in [-0.39, 0.29) is 31.6 Å². The number of imide groups is 1. The number of carbonyl (C=O) groups excluding carboxylic acids is 3. The molecule has 0 radical (unpaired) electrons. The van der Waals surface area contributed by atoms with Crippen molar-refractivity contribution in [2.45, 2.75) is 19.4 Å². The predicted molar refractivity (Wildman–Crippen MR) is 59.0 cm³/mol. The van der Waals surface area contributed by atoms with Crippen molar-refractivity contribution in [3.63, 3.8) is 0 Å². The minimum atomic E-state index is -0.470. The average Bonchev–Trinajstić information content (AvgIpc) is 2.53. The molecule has 1 rings (SSSR count). The molecule has 0 aromatic heterocycles. The maximum atomic E-state index is 11.5. The van der Waals surface area contributed by atoms with Crippen molar-refractivity contribution >= 4 is 17.8 Å². The number of hydrogen-bond donors (Lipinski definition) is 2. The number of aliphatic hydroxyl groups excluding tert-OH is 1. The van der Waals surface area contributed by atoms with Gasteiger partial charge < -0.3 is 15.3 Å². The molecule has 2 N–H and O–H groups in total. The van der Waals surface area contributed by atoms with E-state index in [0.717, 1.165) is 4.90 Å². The first kappa shape index (κ1) is 13.4. The highest BCUT2D eigenvalue weighted by Gasteiger charge is 2.34. The third-order valence-electron chi connectivity index (χ3n) is 2.61. The zero-order valence-electron chi connectivity index (χ0n) is 9.97. The molecule has 0 spiro atoms. The number of rotatable bonds is 5. The van der Waals surface area contributed by atoms with E-state index in [1.807, 2.05) is 6.92 Å². The SMILES string of the molecule is CC[C@H](CO)NC(=O)CN1C(=O)CN(C)C1=O. The van der Waals surface area contributed by atoms with Crippen LogP contribution in [0.15, 0.2) is 0 Å². The fourth-order valence-corrected chi connectivity index (χ4v) is 1.52. The predicted octanol–water partition coefficient (Wildman–Crippen LogP) is -1.23. The van der Waals surface area contributed by atoms with Crippen LogP contribution < -0.4 is 5.32 Å². The number of aliphatic hydroxyl groups is 1. The molecule has 4 amide bonds. The van der Waals surface area contributed by atoms with Crippen LogP contribution in [0.25, 0.3) is 0 Å². The Bertz CT molecular complexity index is 328. The van der Waals surface area contributed by atoms with E-state index in [9.17, 15) is 14.4 Å². The first-order valence-electron chi connectivity index (χ1n) is 5.45. The van der Waals surface area contributed by atoms with Crippen molar-refractivity contribution in [3.05, 3.63) is 0 Å². The lowest BCUT2D eigenvalue weighted by Gasteiger charge is -2.17. The van der Waals surface area contributed by atoms with Gasteiger partial charge in [0.15, 0.2) is 0 Å². The minimum Gasteiger partial charge on any atom is -0.394 e. The molecule has 17 heavy (non-hydrogen) atoms. The minimum absolute atomic E-state index is 0.00329. The number of nitrogens with zero attached hydrogens (tertiary/aromatic N) is 2. The van der Waals surface area contributed by atoms with Crippen molar-refractivity contribution in [3.8, 4) is 0 Å². The summed E-state index contributed by atoms with van der Waals surface area (Å²) in [5.41, 5.74) is 0. The van der Waals surface area contributed by atoms with Crippen molar-refractivity contribution in [1.82, 2.24) is 15.1 Å². The molecule has 1 saturated heterocycles. The van der Waals surface area contributed by atoms with Crippen LogP contribution in [0.5, 0.6) is 0 Å². The second-order valence-electron chi connectivity index (χ2n) is 3.97. The molecule has 1 aliphatic rings. The average molecular weight is 243 g/mol. The fraction of sp³-hybridized carbons (Fsp3) is 0.700. The Balaban J connectivity index is 2.51. The summed E-state index contributed by atoms with van der Waals surface area (Å²) in [4.78, 5) is 36.6. The van der Waals surface area contributed by atoms with Crippen LogP contribution in [0.2, 0.25) is 0 Å². The number of nitrogens with one attached hydrogen (secondary N) is 1. The number of urea groups is 1. The number of amides is 4. The van der Waals surface area contributed by atoms with Crippen LogP contribution in [0.1, 0.15) is 13.3 Å². The normalized spacial score (nSPS) is 17.6. The molecular formula is C10H17N3O4. The summed E-state index contributed by atoms with van der Waals surface area (Å²) < 4.78 is 0. The van der Waals surface area contributed by atoms with Gasteiger partial charge in [-0.15, -0.1) is 0 Å². The highest BCUT2D eigenvalue weighted by molar-refractivity contribution is 6.04. The van der Waals surface area contributed by atoms with Gasteiger partial charge in [0.05, 0.1) is 12.6 Å². The largest absolute Gasteiger partial charge is 0.394 e. The Morgan fingerprint density at radius 1 is 1.53 bits per heavy atom. The van der Waals surface area contributed by atoms with E-state index in [1.165, 1.54) is 11.9 Å². The highest BCUT2D eigenvalue weighted by atomic mass is 16.3. The monoisotopic (exact) mass is 243 g/mol. The lowest BCUT2D eigenvalue weighted by atomic mass is 10.2. The van der Waals surface area contributed by atoms with E-state index in [0.29, 0.717) is 6.42 Å². The zero-order chi connectivity index (χ0) is 13.0. The third kappa shape index (κ3) is 3.16. The first-order chi connectivity index (χ1) is 7.99. The molecule has 7 nitrogen and oxygen atoms in total. The van der Waals surface area contributed by atoms with Gasteiger partial charge in [-0.25, -0.2) is 4.79 Å². The molecule has 0 aromatic carbocycles. The Morgan fingerprint density at radius 2 is 2.18 bits per heavy atom. The van der Waals surface area contributed by atoms with E-state index in [2.05, 4.69) is 5.32 Å². The Morgan fingerprint density at radius 3 is 2.59 bits per heavy atom. The summed E-state index contributed by atoms with van der Waals surface area (Å²) in [5.74, 6) is -0.826. The van der Waals surface area contributed by atoms with Crippen LogP contribution in [0.4, 0.5) is 4.79 Å². The first-order valence-corrected chi connectivity index (χ1v) is 5.45. The Hall–Kier alpha value is -1.63. The van der Waals surface area contributed by atoms with Gasteiger partial charge >= 0.3 is 6.03 Å². The van der Waals surface area contributed by atoms with Crippen LogP contribution in [0, 0.1) is 0 Å². The summed E-state index contributed by atoms with van der Waals surface area (Å²) in [6.45, 7) is 1.37. The molecule has 1 fully saturated rings. The molecule has 0 bridgehead atoms. The van der Waals surface area contributed by atoms with Gasteiger partial charge in [0.1, 0.15) is 13.1 Å². The van der Waals surface area contributed by atoms with Crippen molar-refractivity contribution in [2.24, 2.45) is 0 Å². The maximum Gasteiger partial charge on any atom is 0.327 e. The molecule has 1 aliphatic heterocycles. The van der Waals surface area contributed by atoms with Crippen molar-refractivity contribution in [1.29, 1.82) is 0 Å². The lowest BCUT2D eigenvalue weighted by Crippen LogP contribution is -2.45. The second-order valence-corrected chi connectivity index (χ2v) is 3.97. The number of carbonyl (C=O) groups is 3. The smallest absolute Gasteiger partial charge is 0.327 e. The highest BCUT2D eigenvalue weighted by Crippen LogP contribution is 2.07. The molecule has 96 valence electrons. The van der Waals surface area contributed by atoms with E-state index in [1.54, 1.807) is 0 Å². The van der Waals surface area contributed by atoms with Gasteiger partial charge in [0.25, 0.3) is 5.91 Å². The summed E-state index contributed by atoms with van der Waals surface area (Å²) in [7, 11) is 1.50. The molecule has 7 heteroatoms. The number of likely N-dealkylation sites (N-methyl/N-ethyl adjacent to an activating group) is 1. The van der Waals surface area contributed by atoms with Gasteiger partial charge in [0, 0.05) is 7.05 Å². The molecule has 0 unspecified atom stereocenters. The zero-order valence-corrected chi connectivity index (χ0v) is 9.97. The summed E-state index contributed by atoms with van der Waals surface area (Å²) in [6.07, 6.45) is 0.587. The van der Waals surface area contributed by atoms with E-state index in [4.69, 9.17) is 5.11 Å². The molecule has 0 saturated carbocycles. The summed E-state index contributed by atoms with van der Waals surface area (Å²) in [5, 5.41) is 11.5. The second kappa shape index (κ2) is 5.62. The van der Waals surface area contributed by atoms with Gasteiger partial charge in [-0.05, 0) is 6.42 Å². The van der Waals surface area contributed by atoms with Gasteiger partial charge in [-0.1, -0.05) is 6.92 Å². The van der Waals surface area contributed by atoms with Gasteiger partial charge in [0.2, 0.25) is 5.91 Å². The maximum absolute atomic E-state index is 11.5. The van der Waals surface area contributed by atoms with Crippen LogP contribution >= 0.6 is 0 Å². The topological polar surface area (TPSA) is 89.9 Å². The van der Waals surface area contributed by atoms with Crippen molar-refractivity contribution < 1.29 is 19.5 Å². The molecule has 0 aliphatic carbocycles. The van der Waals surface area contributed by atoms with Gasteiger partial charge in [-0.3, -0.25) is 14.5 Å². The molecular weight excluding hydrogens is 226 g/mol. The van der Waals surface area contributed by atoms with E-state index >= 15 is 0 Å². The summed E-state index contributed by atoms with van der Waals surface area (Å²) in [6, 6.07) is -0.810. The fourth-order valence-electron chi connectivity index (χ4n) is 1.52. The molecule has 0 aromatic rings.